The van der Waals surface area contributed by atoms with Crippen molar-refractivity contribution in [3.63, 3.8) is 0 Å². The third-order valence-electron chi connectivity index (χ3n) is 5.25. The first kappa shape index (κ1) is 19.8. The fourth-order valence-electron chi connectivity index (χ4n) is 3.59. The molecule has 0 bridgehead atoms. The summed E-state index contributed by atoms with van der Waals surface area (Å²) in [6.45, 7) is 0.466. The predicted molar refractivity (Wildman–Crippen MR) is 127 cm³/mol. The lowest BCUT2D eigenvalue weighted by atomic mass is 10.2. The molecule has 2 aliphatic heterocycles. The Morgan fingerprint density at radius 3 is 1.59 bits per heavy atom. The maximum atomic E-state index is 5.40. The number of rotatable bonds is 6. The summed E-state index contributed by atoms with van der Waals surface area (Å²) in [4.78, 5) is 0. The van der Waals surface area contributed by atoms with E-state index in [1.54, 1.807) is 12.4 Å². The number of hydrogen-bond donors (Lipinski definition) is 2. The normalized spacial score (nSPS) is 13.8. The Labute approximate surface area is 193 Å². The zero-order valence-electron chi connectivity index (χ0n) is 17.8. The summed E-state index contributed by atoms with van der Waals surface area (Å²) in [7, 11) is 0. The molecule has 2 N–H and O–H groups in total. The van der Waals surface area contributed by atoms with Crippen LogP contribution in [-0.2, 0) is 0 Å². The van der Waals surface area contributed by atoms with E-state index in [9.17, 15) is 0 Å². The first-order chi connectivity index (χ1) is 16.8. The van der Waals surface area contributed by atoms with Gasteiger partial charge in [0.1, 0.15) is 0 Å². The average molecular weight is 454 g/mol. The smallest absolute Gasteiger partial charge is 0.231 e. The van der Waals surface area contributed by atoms with Crippen molar-refractivity contribution in [1.82, 2.24) is 10.2 Å². The number of benzene rings is 3. The first-order valence-corrected chi connectivity index (χ1v) is 10.5. The van der Waals surface area contributed by atoms with Gasteiger partial charge in [-0.25, -0.2) is 0 Å². The van der Waals surface area contributed by atoms with E-state index in [-0.39, 0.29) is 13.6 Å². The van der Waals surface area contributed by atoms with Gasteiger partial charge in [0.2, 0.25) is 13.6 Å². The topological polar surface area (TPSA) is 111 Å². The minimum atomic E-state index is 0.233. The van der Waals surface area contributed by atoms with Gasteiger partial charge >= 0.3 is 0 Å². The average Bonchev–Trinajstić information content (AvgIpc) is 3.54. The highest BCUT2D eigenvalue weighted by atomic mass is 16.7. The Morgan fingerprint density at radius 2 is 1.09 bits per heavy atom. The summed E-state index contributed by atoms with van der Waals surface area (Å²) in [5.74, 6) is 3.91. The number of aromatic nitrogens is 2. The number of fused-ring (bicyclic) bond motifs is 3. The second-order valence-corrected chi connectivity index (χ2v) is 7.41. The van der Waals surface area contributed by atoms with Crippen LogP contribution in [0.3, 0.4) is 0 Å². The first-order valence-electron chi connectivity index (χ1n) is 10.5. The van der Waals surface area contributed by atoms with Gasteiger partial charge in [-0.05, 0) is 47.5 Å². The van der Waals surface area contributed by atoms with Crippen LogP contribution >= 0.6 is 0 Å². The van der Waals surface area contributed by atoms with E-state index in [2.05, 4.69) is 31.3 Å². The van der Waals surface area contributed by atoms with Crippen molar-refractivity contribution < 1.29 is 18.9 Å². The van der Waals surface area contributed by atoms with Gasteiger partial charge in [0.05, 0.1) is 12.4 Å². The molecule has 0 aliphatic carbocycles. The predicted octanol–water partition coefficient (Wildman–Crippen LogP) is 3.98. The molecule has 168 valence electrons. The van der Waals surface area contributed by atoms with Crippen LogP contribution in [-0.4, -0.2) is 36.2 Å². The van der Waals surface area contributed by atoms with E-state index in [1.165, 1.54) is 0 Å². The largest absolute Gasteiger partial charge is 0.454 e. The third-order valence-corrected chi connectivity index (χ3v) is 5.25. The fraction of sp³-hybridized carbons (Fsp3) is 0.0833. The number of hydrogen-bond acceptors (Lipinski definition) is 10. The van der Waals surface area contributed by atoms with Crippen molar-refractivity contribution in [2.75, 3.05) is 24.4 Å². The molecule has 0 spiro atoms. The summed E-state index contributed by atoms with van der Waals surface area (Å²) in [5.41, 5.74) is 7.67. The molecule has 0 saturated carbocycles. The second-order valence-electron chi connectivity index (χ2n) is 7.41. The zero-order chi connectivity index (χ0) is 22.7. The summed E-state index contributed by atoms with van der Waals surface area (Å²) >= 11 is 0. The van der Waals surface area contributed by atoms with Crippen molar-refractivity contribution in [3.8, 4) is 23.0 Å². The van der Waals surface area contributed by atoms with Gasteiger partial charge in [0.25, 0.3) is 0 Å². The highest BCUT2D eigenvalue weighted by Gasteiger charge is 2.14. The Morgan fingerprint density at radius 1 is 0.618 bits per heavy atom. The highest BCUT2D eigenvalue weighted by Crippen LogP contribution is 2.33. The lowest BCUT2D eigenvalue weighted by Crippen LogP contribution is -2.01. The van der Waals surface area contributed by atoms with Crippen LogP contribution in [0.1, 0.15) is 11.1 Å². The van der Waals surface area contributed by atoms with Gasteiger partial charge in [-0.2, -0.15) is 10.2 Å². The highest BCUT2D eigenvalue weighted by molar-refractivity contribution is 5.98. The van der Waals surface area contributed by atoms with Gasteiger partial charge in [0.15, 0.2) is 34.6 Å². The number of nitrogens with zero attached hydrogens (tertiary/aromatic N) is 4. The molecular weight excluding hydrogens is 436 g/mol. The van der Waals surface area contributed by atoms with Crippen LogP contribution in [0.4, 0.5) is 11.6 Å². The fourth-order valence-corrected chi connectivity index (χ4v) is 3.59. The summed E-state index contributed by atoms with van der Waals surface area (Å²) in [5, 5.41) is 18.9. The van der Waals surface area contributed by atoms with Gasteiger partial charge < -0.3 is 18.9 Å². The van der Waals surface area contributed by atoms with Gasteiger partial charge in [-0.15, -0.1) is 10.2 Å². The van der Waals surface area contributed by atoms with E-state index < -0.39 is 0 Å². The monoisotopic (exact) mass is 454 g/mol. The maximum Gasteiger partial charge on any atom is 0.231 e. The van der Waals surface area contributed by atoms with E-state index in [0.29, 0.717) is 23.1 Å². The Hall–Kier alpha value is -4.86. The lowest BCUT2D eigenvalue weighted by molar-refractivity contribution is 0.173. The number of nitrogens with one attached hydrogen (secondary N) is 2. The van der Waals surface area contributed by atoms with Crippen LogP contribution in [0.25, 0.3) is 10.8 Å². The molecule has 4 aromatic rings. The zero-order valence-corrected chi connectivity index (χ0v) is 17.8. The molecule has 0 radical (unpaired) electrons. The second kappa shape index (κ2) is 8.58. The van der Waals surface area contributed by atoms with Crippen molar-refractivity contribution in [2.24, 2.45) is 10.2 Å². The van der Waals surface area contributed by atoms with E-state index in [4.69, 9.17) is 18.9 Å². The van der Waals surface area contributed by atoms with E-state index >= 15 is 0 Å². The number of anilines is 2. The van der Waals surface area contributed by atoms with Gasteiger partial charge in [-0.3, -0.25) is 10.9 Å². The van der Waals surface area contributed by atoms with Crippen LogP contribution < -0.4 is 29.8 Å². The molecule has 6 rings (SSSR count). The molecule has 10 nitrogen and oxygen atoms in total. The summed E-state index contributed by atoms with van der Waals surface area (Å²) in [6, 6.07) is 19.0. The van der Waals surface area contributed by atoms with Crippen molar-refractivity contribution in [3.05, 3.63) is 71.8 Å². The Bertz CT molecular complexity index is 1330. The Kier molecular flexibility index (Phi) is 5.00. The van der Waals surface area contributed by atoms with Crippen molar-refractivity contribution in [2.45, 2.75) is 0 Å². The molecule has 0 unspecified atom stereocenters. The SMILES string of the molecule is C(=N/Nc1nnc(N/N=C/c2ccc3c(c2)OCO3)c2ccccc12)/c1ccc2c(c1)OCO2. The Balaban J connectivity index is 1.19. The maximum absolute atomic E-state index is 5.40. The van der Waals surface area contributed by atoms with Crippen LogP contribution in [0, 0.1) is 0 Å². The molecule has 0 atom stereocenters. The summed E-state index contributed by atoms with van der Waals surface area (Å²) < 4.78 is 21.5. The molecule has 34 heavy (non-hydrogen) atoms. The minimum Gasteiger partial charge on any atom is -0.454 e. The summed E-state index contributed by atoms with van der Waals surface area (Å²) in [6.07, 6.45) is 3.36. The van der Waals surface area contributed by atoms with Crippen LogP contribution in [0.2, 0.25) is 0 Å². The lowest BCUT2D eigenvalue weighted by Gasteiger charge is -2.08. The quantitative estimate of drug-likeness (QED) is 0.332. The van der Waals surface area contributed by atoms with Crippen molar-refractivity contribution >= 4 is 34.8 Å². The molecule has 0 fully saturated rings. The van der Waals surface area contributed by atoms with Gasteiger partial charge in [0, 0.05) is 10.8 Å². The van der Waals surface area contributed by atoms with E-state index in [0.717, 1.165) is 33.4 Å². The number of ether oxygens (including phenoxy) is 4. The number of hydrazone groups is 2. The minimum absolute atomic E-state index is 0.233. The molecular formula is C24H18N6O4. The van der Waals surface area contributed by atoms with Gasteiger partial charge in [-0.1, -0.05) is 24.3 Å². The van der Waals surface area contributed by atoms with Crippen LogP contribution in [0.15, 0.2) is 70.9 Å². The van der Waals surface area contributed by atoms with E-state index in [1.807, 2.05) is 60.7 Å². The third kappa shape index (κ3) is 3.88. The molecule has 3 heterocycles. The molecule has 10 heteroatoms. The molecule has 0 saturated heterocycles. The molecule has 1 aromatic heterocycles. The molecule has 2 aliphatic rings. The molecule has 0 amide bonds. The molecule has 3 aromatic carbocycles. The van der Waals surface area contributed by atoms with Crippen molar-refractivity contribution in [1.29, 1.82) is 0 Å². The standard InChI is InChI=1S/C24H18N6O4/c1-2-4-18-17(3-1)23(27-25-11-15-5-7-19-21(9-15)33-13-31-19)29-30-24(18)28-26-12-16-6-8-20-22(10-16)34-14-32-20/h1-12H,13-14H2,(H,27,29)(H,28,30)/b25-11-,26-12+. The van der Waals surface area contributed by atoms with Crippen LogP contribution in [0.5, 0.6) is 23.0 Å².